The van der Waals surface area contributed by atoms with Crippen LogP contribution in [0.15, 0.2) is 42.7 Å². The molecule has 2 aromatic rings. The normalized spacial score (nSPS) is 15.4. The number of piperazine rings is 1. The number of carbonyl (C=O) groups is 2. The first kappa shape index (κ1) is 22.5. The van der Waals surface area contributed by atoms with Crippen LogP contribution in [0, 0.1) is 0 Å². The van der Waals surface area contributed by atoms with Crippen molar-refractivity contribution in [1.82, 2.24) is 14.9 Å². The molecule has 0 bridgehead atoms. The Morgan fingerprint density at radius 1 is 1.03 bits per heavy atom. The van der Waals surface area contributed by atoms with Crippen molar-refractivity contribution < 1.29 is 19.1 Å². The first-order chi connectivity index (χ1) is 14.7. The second-order valence-electron chi connectivity index (χ2n) is 8.56. The number of rotatable bonds is 6. The molecule has 1 fully saturated rings. The summed E-state index contributed by atoms with van der Waals surface area (Å²) in [5.41, 5.74) is 1.22. The third kappa shape index (κ3) is 6.16. The van der Waals surface area contributed by atoms with E-state index in [9.17, 15) is 9.59 Å². The van der Waals surface area contributed by atoms with E-state index in [2.05, 4.69) is 30.7 Å². The average Bonchev–Trinajstić information content (AvgIpc) is 2.77. The molecule has 2 heterocycles. The van der Waals surface area contributed by atoms with Crippen LogP contribution >= 0.6 is 0 Å². The van der Waals surface area contributed by atoms with Gasteiger partial charge >= 0.3 is 5.97 Å². The molecule has 1 aliphatic heterocycles. The molecule has 1 amide bonds. The summed E-state index contributed by atoms with van der Waals surface area (Å²) in [5, 5.41) is 0. The van der Waals surface area contributed by atoms with E-state index in [1.807, 2.05) is 29.2 Å². The predicted octanol–water partition coefficient (Wildman–Crippen LogP) is 2.43. The molecule has 1 aliphatic rings. The Balaban J connectivity index is 1.42. The van der Waals surface area contributed by atoms with Gasteiger partial charge in [0, 0.05) is 38.6 Å². The van der Waals surface area contributed by atoms with Gasteiger partial charge in [-0.05, 0) is 36.1 Å². The molecule has 0 unspecified atom stereocenters. The Bertz CT molecular complexity index is 873. The first-order valence-electron chi connectivity index (χ1n) is 10.5. The van der Waals surface area contributed by atoms with E-state index in [4.69, 9.17) is 9.47 Å². The van der Waals surface area contributed by atoms with Crippen molar-refractivity contribution in [3.63, 3.8) is 0 Å². The lowest BCUT2D eigenvalue weighted by molar-refractivity contribution is -0.157. The quantitative estimate of drug-likeness (QED) is 0.656. The Labute approximate surface area is 183 Å². The van der Waals surface area contributed by atoms with Crippen LogP contribution in [0.4, 0.5) is 5.95 Å². The average molecular weight is 427 g/mol. The predicted molar refractivity (Wildman–Crippen MR) is 117 cm³/mol. The van der Waals surface area contributed by atoms with Gasteiger partial charge in [0.2, 0.25) is 5.95 Å². The van der Waals surface area contributed by atoms with Gasteiger partial charge in [-0.15, -0.1) is 0 Å². The zero-order chi connectivity index (χ0) is 22.4. The van der Waals surface area contributed by atoms with Gasteiger partial charge in [0.25, 0.3) is 5.91 Å². The Morgan fingerprint density at radius 2 is 1.65 bits per heavy atom. The van der Waals surface area contributed by atoms with Crippen molar-refractivity contribution in [1.29, 1.82) is 0 Å². The second-order valence-corrected chi connectivity index (χ2v) is 8.56. The van der Waals surface area contributed by atoms with Crippen LogP contribution in [0.5, 0.6) is 5.75 Å². The molecule has 0 saturated carbocycles. The Kier molecular flexibility index (Phi) is 7.09. The molecule has 1 aromatic carbocycles. The first-order valence-corrected chi connectivity index (χ1v) is 10.5. The zero-order valence-electron chi connectivity index (χ0n) is 18.6. The van der Waals surface area contributed by atoms with Gasteiger partial charge in [0.1, 0.15) is 5.75 Å². The largest absolute Gasteiger partial charge is 0.479 e. The summed E-state index contributed by atoms with van der Waals surface area (Å²) in [6.45, 7) is 10.0. The lowest BCUT2D eigenvalue weighted by Crippen LogP contribution is -2.50. The van der Waals surface area contributed by atoms with Crippen LogP contribution in [0.25, 0.3) is 0 Å². The van der Waals surface area contributed by atoms with Crippen LogP contribution in [0.2, 0.25) is 0 Å². The number of carbonyl (C=O) groups excluding carboxylic acids is 2. The number of hydrogen-bond donors (Lipinski definition) is 0. The maximum Gasteiger partial charge on any atom is 0.347 e. The summed E-state index contributed by atoms with van der Waals surface area (Å²) in [5.74, 6) is 0.457. The van der Waals surface area contributed by atoms with E-state index in [1.54, 1.807) is 30.3 Å². The van der Waals surface area contributed by atoms with Gasteiger partial charge in [-0.3, -0.25) is 4.79 Å². The number of amides is 1. The maximum atomic E-state index is 12.4. The SMILES string of the molecule is C[C@H](Oc1ccc(C(C)(C)C)cc1)C(=O)OCC(=O)N1CCN(c2ncccn2)CC1. The third-order valence-corrected chi connectivity index (χ3v) is 5.17. The van der Waals surface area contributed by atoms with E-state index in [-0.39, 0.29) is 17.9 Å². The number of esters is 1. The molecule has 8 nitrogen and oxygen atoms in total. The van der Waals surface area contributed by atoms with Crippen molar-refractivity contribution in [2.75, 3.05) is 37.7 Å². The molecule has 3 rings (SSSR count). The number of benzene rings is 1. The minimum Gasteiger partial charge on any atom is -0.479 e. The Morgan fingerprint density at radius 3 is 2.23 bits per heavy atom. The fourth-order valence-electron chi connectivity index (χ4n) is 3.24. The molecule has 0 N–H and O–H groups in total. The molecule has 0 aliphatic carbocycles. The fourth-order valence-corrected chi connectivity index (χ4v) is 3.24. The Hall–Kier alpha value is -3.16. The minimum absolute atomic E-state index is 0.0447. The van der Waals surface area contributed by atoms with Crippen LogP contribution in [0.1, 0.15) is 33.3 Å². The second kappa shape index (κ2) is 9.76. The van der Waals surface area contributed by atoms with E-state index < -0.39 is 12.1 Å². The highest BCUT2D eigenvalue weighted by Gasteiger charge is 2.24. The molecule has 8 heteroatoms. The molecule has 166 valence electrons. The van der Waals surface area contributed by atoms with Crippen molar-refractivity contribution in [3.8, 4) is 5.75 Å². The smallest absolute Gasteiger partial charge is 0.347 e. The summed E-state index contributed by atoms with van der Waals surface area (Å²) in [6, 6.07) is 9.41. The van der Waals surface area contributed by atoms with Crippen LogP contribution in [-0.4, -0.2) is 65.6 Å². The number of aromatic nitrogens is 2. The highest BCUT2D eigenvalue weighted by molar-refractivity contribution is 5.82. The number of hydrogen-bond acceptors (Lipinski definition) is 7. The molecule has 1 aromatic heterocycles. The molecular weight excluding hydrogens is 396 g/mol. The highest BCUT2D eigenvalue weighted by Crippen LogP contribution is 2.24. The molecule has 1 saturated heterocycles. The number of ether oxygens (including phenoxy) is 2. The topological polar surface area (TPSA) is 84.9 Å². The van der Waals surface area contributed by atoms with Gasteiger partial charge in [-0.1, -0.05) is 32.9 Å². The van der Waals surface area contributed by atoms with Gasteiger partial charge in [0.15, 0.2) is 12.7 Å². The molecule has 1 atom stereocenters. The zero-order valence-corrected chi connectivity index (χ0v) is 18.6. The van der Waals surface area contributed by atoms with E-state index in [0.717, 1.165) is 0 Å². The fraction of sp³-hybridized carbons (Fsp3) is 0.478. The molecule has 0 spiro atoms. The van der Waals surface area contributed by atoms with Crippen LogP contribution in [0.3, 0.4) is 0 Å². The summed E-state index contributed by atoms with van der Waals surface area (Å²) in [7, 11) is 0. The summed E-state index contributed by atoms with van der Waals surface area (Å²) in [4.78, 5) is 36.8. The summed E-state index contributed by atoms with van der Waals surface area (Å²) in [6.07, 6.45) is 2.59. The molecule has 31 heavy (non-hydrogen) atoms. The van der Waals surface area contributed by atoms with Crippen molar-refractivity contribution in [2.45, 2.75) is 39.2 Å². The summed E-state index contributed by atoms with van der Waals surface area (Å²) < 4.78 is 10.9. The molecular formula is C23H30N4O4. The van der Waals surface area contributed by atoms with Crippen LogP contribution in [-0.2, 0) is 19.7 Å². The van der Waals surface area contributed by atoms with Crippen molar-refractivity contribution in [3.05, 3.63) is 48.3 Å². The van der Waals surface area contributed by atoms with Crippen LogP contribution < -0.4 is 9.64 Å². The minimum atomic E-state index is -0.805. The standard InChI is InChI=1S/C23H30N4O4/c1-17(31-19-8-6-18(7-9-19)23(2,3)4)21(29)30-16-20(28)26-12-14-27(15-13-26)22-24-10-5-11-25-22/h5-11,17H,12-16H2,1-4H3/t17-/m0/s1. The van der Waals surface area contributed by atoms with Gasteiger partial charge < -0.3 is 19.3 Å². The van der Waals surface area contributed by atoms with E-state index in [1.165, 1.54) is 5.56 Å². The van der Waals surface area contributed by atoms with Crippen molar-refractivity contribution in [2.24, 2.45) is 0 Å². The number of nitrogens with zero attached hydrogens (tertiary/aromatic N) is 4. The molecule has 0 radical (unpaired) electrons. The lowest BCUT2D eigenvalue weighted by atomic mass is 9.87. The highest BCUT2D eigenvalue weighted by atomic mass is 16.6. The van der Waals surface area contributed by atoms with Gasteiger partial charge in [0.05, 0.1) is 0 Å². The van der Waals surface area contributed by atoms with Crippen molar-refractivity contribution >= 4 is 17.8 Å². The van der Waals surface area contributed by atoms with Gasteiger partial charge in [-0.2, -0.15) is 0 Å². The van der Waals surface area contributed by atoms with Gasteiger partial charge in [-0.25, -0.2) is 14.8 Å². The number of anilines is 1. The summed E-state index contributed by atoms with van der Waals surface area (Å²) >= 11 is 0. The lowest BCUT2D eigenvalue weighted by Gasteiger charge is -2.34. The maximum absolute atomic E-state index is 12.4. The van der Waals surface area contributed by atoms with E-state index >= 15 is 0 Å². The monoisotopic (exact) mass is 426 g/mol. The third-order valence-electron chi connectivity index (χ3n) is 5.17. The van der Waals surface area contributed by atoms with E-state index in [0.29, 0.717) is 37.9 Å².